The first-order chi connectivity index (χ1) is 9.08. The third-order valence-corrected chi connectivity index (χ3v) is 4.63. The molecule has 1 aromatic carbocycles. The summed E-state index contributed by atoms with van der Waals surface area (Å²) in [7, 11) is 0. The number of rotatable bonds is 4. The van der Waals surface area contributed by atoms with Crippen LogP contribution in [-0.2, 0) is 0 Å². The molecule has 0 aliphatic heterocycles. The number of benzene rings is 1. The quantitative estimate of drug-likeness (QED) is 0.922. The fraction of sp³-hybridized carbons (Fsp3) is 0.286. The lowest BCUT2D eigenvalue weighted by Crippen LogP contribution is -2.27. The number of hydrogen-bond donors (Lipinski definition) is 1. The zero-order valence-corrected chi connectivity index (χ0v) is 13.2. The molecule has 19 heavy (non-hydrogen) atoms. The van der Waals surface area contributed by atoms with Gasteiger partial charge in [-0.3, -0.25) is 4.79 Å². The monoisotopic (exact) mass is 338 g/mol. The molecule has 0 radical (unpaired) electrons. The molecule has 1 N–H and O–H groups in total. The molecule has 1 amide bonds. The van der Waals surface area contributed by atoms with Crippen molar-refractivity contribution in [1.29, 1.82) is 0 Å². The second-order valence-corrected chi connectivity index (χ2v) is 6.16. The van der Waals surface area contributed by atoms with Crippen LogP contribution in [0.4, 0.5) is 0 Å². The molecule has 0 aliphatic carbocycles. The van der Waals surface area contributed by atoms with Gasteiger partial charge in [-0.15, -0.1) is 11.3 Å². The summed E-state index contributed by atoms with van der Waals surface area (Å²) in [5.74, 6) is 0.165. The van der Waals surface area contributed by atoms with Gasteiger partial charge in [-0.2, -0.15) is 0 Å². The SMILES string of the molecule is Cc1csc(C(C)CNC(=O)c2ccccc2Br)n1. The van der Waals surface area contributed by atoms with Gasteiger partial charge in [-0.05, 0) is 35.0 Å². The summed E-state index contributed by atoms with van der Waals surface area (Å²) in [6.07, 6.45) is 0. The molecular weight excluding hydrogens is 324 g/mol. The largest absolute Gasteiger partial charge is 0.351 e. The minimum atomic E-state index is -0.0624. The van der Waals surface area contributed by atoms with Gasteiger partial charge in [0, 0.05) is 28.0 Å². The second-order valence-electron chi connectivity index (χ2n) is 4.42. The van der Waals surface area contributed by atoms with Crippen LogP contribution in [0.15, 0.2) is 34.1 Å². The number of carbonyl (C=O) groups is 1. The van der Waals surface area contributed by atoms with E-state index in [1.165, 1.54) is 0 Å². The average molecular weight is 339 g/mol. The molecule has 0 aliphatic rings. The van der Waals surface area contributed by atoms with E-state index in [4.69, 9.17) is 0 Å². The zero-order valence-electron chi connectivity index (χ0n) is 10.8. The van der Waals surface area contributed by atoms with Crippen molar-refractivity contribution >= 4 is 33.2 Å². The van der Waals surface area contributed by atoms with Crippen molar-refractivity contribution in [2.24, 2.45) is 0 Å². The van der Waals surface area contributed by atoms with Gasteiger partial charge in [0.05, 0.1) is 10.6 Å². The van der Waals surface area contributed by atoms with E-state index in [-0.39, 0.29) is 11.8 Å². The Hall–Kier alpha value is -1.20. The van der Waals surface area contributed by atoms with Gasteiger partial charge in [0.2, 0.25) is 0 Å². The van der Waals surface area contributed by atoms with E-state index >= 15 is 0 Å². The number of halogens is 1. The highest BCUT2D eigenvalue weighted by molar-refractivity contribution is 9.10. The van der Waals surface area contributed by atoms with E-state index in [0.717, 1.165) is 15.2 Å². The molecule has 1 atom stereocenters. The van der Waals surface area contributed by atoms with Crippen molar-refractivity contribution in [1.82, 2.24) is 10.3 Å². The van der Waals surface area contributed by atoms with Gasteiger partial charge in [0.25, 0.3) is 5.91 Å². The van der Waals surface area contributed by atoms with Crippen LogP contribution in [0.2, 0.25) is 0 Å². The van der Waals surface area contributed by atoms with Gasteiger partial charge >= 0.3 is 0 Å². The molecule has 2 aromatic rings. The smallest absolute Gasteiger partial charge is 0.252 e. The lowest BCUT2D eigenvalue weighted by Gasteiger charge is -2.11. The van der Waals surface area contributed by atoms with Crippen molar-refractivity contribution in [3.8, 4) is 0 Å². The topological polar surface area (TPSA) is 42.0 Å². The highest BCUT2D eigenvalue weighted by atomic mass is 79.9. The molecule has 0 saturated carbocycles. The third kappa shape index (κ3) is 3.64. The van der Waals surface area contributed by atoms with E-state index in [9.17, 15) is 4.79 Å². The summed E-state index contributed by atoms with van der Waals surface area (Å²) in [5.41, 5.74) is 1.69. The number of carbonyl (C=O) groups excluding carboxylic acids is 1. The van der Waals surface area contributed by atoms with Crippen molar-refractivity contribution in [3.63, 3.8) is 0 Å². The van der Waals surface area contributed by atoms with E-state index in [1.807, 2.05) is 30.5 Å². The fourth-order valence-electron chi connectivity index (χ4n) is 1.67. The maximum atomic E-state index is 12.0. The molecule has 2 rings (SSSR count). The Kier molecular flexibility index (Phi) is 4.71. The Morgan fingerprint density at radius 2 is 2.21 bits per heavy atom. The van der Waals surface area contributed by atoms with Crippen LogP contribution in [0, 0.1) is 6.92 Å². The van der Waals surface area contributed by atoms with Crippen LogP contribution in [-0.4, -0.2) is 17.4 Å². The number of thiazole rings is 1. The van der Waals surface area contributed by atoms with Crippen LogP contribution in [0.25, 0.3) is 0 Å². The highest BCUT2D eigenvalue weighted by Crippen LogP contribution is 2.20. The molecule has 1 heterocycles. The molecule has 1 aromatic heterocycles. The molecular formula is C14H15BrN2OS. The number of nitrogens with one attached hydrogen (secondary N) is 1. The number of hydrogen-bond acceptors (Lipinski definition) is 3. The predicted octanol–water partition coefficient (Wildman–Crippen LogP) is 3.75. The van der Waals surface area contributed by atoms with E-state index in [2.05, 4.69) is 33.2 Å². The Labute approximate surface area is 125 Å². The number of amides is 1. The van der Waals surface area contributed by atoms with E-state index in [1.54, 1.807) is 17.4 Å². The van der Waals surface area contributed by atoms with Gasteiger partial charge in [0.1, 0.15) is 0 Å². The first-order valence-corrected chi connectivity index (χ1v) is 7.70. The van der Waals surface area contributed by atoms with Crippen molar-refractivity contribution in [3.05, 3.63) is 50.4 Å². The van der Waals surface area contributed by atoms with Crippen molar-refractivity contribution in [2.75, 3.05) is 6.54 Å². The fourth-order valence-corrected chi connectivity index (χ4v) is 2.99. The standard InChI is InChI=1S/C14H15BrN2OS/c1-9(14-17-10(2)8-19-14)7-16-13(18)11-5-3-4-6-12(11)15/h3-6,8-9H,7H2,1-2H3,(H,16,18). The summed E-state index contributed by atoms with van der Waals surface area (Å²) in [6, 6.07) is 7.41. The van der Waals surface area contributed by atoms with Gasteiger partial charge in [0.15, 0.2) is 0 Å². The highest BCUT2D eigenvalue weighted by Gasteiger charge is 2.13. The molecule has 0 fully saturated rings. The molecule has 0 spiro atoms. The molecule has 0 saturated heterocycles. The average Bonchev–Trinajstić information content (AvgIpc) is 2.83. The number of aromatic nitrogens is 1. The van der Waals surface area contributed by atoms with Crippen LogP contribution in [0.5, 0.6) is 0 Å². The summed E-state index contributed by atoms with van der Waals surface area (Å²) in [6.45, 7) is 4.64. The Morgan fingerprint density at radius 3 is 2.84 bits per heavy atom. The predicted molar refractivity (Wildman–Crippen MR) is 81.7 cm³/mol. The molecule has 0 bridgehead atoms. The first-order valence-electron chi connectivity index (χ1n) is 6.02. The van der Waals surface area contributed by atoms with Crippen LogP contribution >= 0.6 is 27.3 Å². The normalized spacial score (nSPS) is 12.2. The van der Waals surface area contributed by atoms with Crippen LogP contribution < -0.4 is 5.32 Å². The summed E-state index contributed by atoms with van der Waals surface area (Å²) < 4.78 is 0.810. The Balaban J connectivity index is 1.96. The first kappa shape index (κ1) is 14.2. The summed E-state index contributed by atoms with van der Waals surface area (Å²) in [5, 5.41) is 6.03. The maximum absolute atomic E-state index is 12.0. The minimum absolute atomic E-state index is 0.0624. The third-order valence-electron chi connectivity index (χ3n) is 2.75. The van der Waals surface area contributed by atoms with E-state index < -0.39 is 0 Å². The molecule has 1 unspecified atom stereocenters. The summed E-state index contributed by atoms with van der Waals surface area (Å²) in [4.78, 5) is 16.5. The van der Waals surface area contributed by atoms with Crippen LogP contribution in [0.3, 0.4) is 0 Å². The second kappa shape index (κ2) is 6.30. The zero-order chi connectivity index (χ0) is 13.8. The van der Waals surface area contributed by atoms with Gasteiger partial charge in [-0.1, -0.05) is 19.1 Å². The lowest BCUT2D eigenvalue weighted by molar-refractivity contribution is 0.0951. The molecule has 100 valence electrons. The Bertz CT molecular complexity index is 582. The van der Waals surface area contributed by atoms with Crippen LogP contribution in [0.1, 0.15) is 33.9 Å². The number of aryl methyl sites for hydroxylation is 1. The lowest BCUT2D eigenvalue weighted by atomic mass is 10.1. The van der Waals surface area contributed by atoms with Crippen molar-refractivity contribution < 1.29 is 4.79 Å². The van der Waals surface area contributed by atoms with Crippen molar-refractivity contribution in [2.45, 2.75) is 19.8 Å². The van der Waals surface area contributed by atoms with Gasteiger partial charge in [-0.25, -0.2) is 4.98 Å². The van der Waals surface area contributed by atoms with E-state index in [0.29, 0.717) is 12.1 Å². The number of nitrogens with zero attached hydrogens (tertiary/aromatic N) is 1. The molecule has 5 heteroatoms. The summed E-state index contributed by atoms with van der Waals surface area (Å²) >= 11 is 5.02. The Morgan fingerprint density at radius 1 is 1.47 bits per heavy atom. The maximum Gasteiger partial charge on any atom is 0.252 e. The minimum Gasteiger partial charge on any atom is -0.351 e. The molecule has 3 nitrogen and oxygen atoms in total. The van der Waals surface area contributed by atoms with Gasteiger partial charge < -0.3 is 5.32 Å².